The number of H-pyrrole nitrogens is 1. The van der Waals surface area contributed by atoms with E-state index in [0.717, 1.165) is 28.0 Å². The number of fused-ring (bicyclic) bond motifs is 1. The van der Waals surface area contributed by atoms with Gasteiger partial charge in [0.15, 0.2) is 0 Å². The van der Waals surface area contributed by atoms with Crippen LogP contribution in [0.3, 0.4) is 0 Å². The first-order chi connectivity index (χ1) is 18.4. The fraction of sp³-hybridized carbons (Fsp3) is 0.115. The molecule has 0 spiro atoms. The van der Waals surface area contributed by atoms with Gasteiger partial charge in [0.1, 0.15) is 12.4 Å². The normalized spacial score (nSPS) is 11.6. The number of nitrogens with zero attached hydrogens (tertiary/aromatic N) is 6. The van der Waals surface area contributed by atoms with E-state index in [0.29, 0.717) is 34.4 Å². The van der Waals surface area contributed by atoms with Gasteiger partial charge in [-0.3, -0.25) is 10.1 Å². The molecule has 1 amide bonds. The standard InChI is InChI=1S/C26H22Cl2N8O2/c1-3-12-38-19-10-8-18(9-11-19)29-26-35(2)22-13-20(27)21(28)14-23(22)36(26)15-16-4-6-17(7-5-16)24(37)30-25-31-33-34-32-25/h3-11,13-14H,1,12,15H2,2H3,(H2,30,31,32,33,34,37). The Morgan fingerprint density at radius 3 is 2.47 bits per heavy atom. The van der Waals surface area contributed by atoms with Gasteiger partial charge in [0.25, 0.3) is 11.9 Å². The van der Waals surface area contributed by atoms with Gasteiger partial charge < -0.3 is 13.9 Å². The number of hydrogen-bond acceptors (Lipinski definition) is 6. The number of nitrogens with one attached hydrogen (secondary N) is 2. The Labute approximate surface area is 227 Å². The van der Waals surface area contributed by atoms with E-state index in [1.165, 1.54) is 0 Å². The first kappa shape index (κ1) is 25.2. The summed E-state index contributed by atoms with van der Waals surface area (Å²) in [6.07, 6.45) is 1.69. The molecule has 0 fully saturated rings. The maximum Gasteiger partial charge on any atom is 0.270 e. The molecular weight excluding hydrogens is 527 g/mol. The lowest BCUT2D eigenvalue weighted by Gasteiger charge is -2.08. The fourth-order valence-electron chi connectivity index (χ4n) is 3.92. The van der Waals surface area contributed by atoms with Crippen molar-refractivity contribution >= 4 is 51.8 Å². The predicted molar refractivity (Wildman–Crippen MR) is 146 cm³/mol. The van der Waals surface area contributed by atoms with E-state index in [9.17, 15) is 4.79 Å². The molecule has 12 heteroatoms. The van der Waals surface area contributed by atoms with E-state index in [1.54, 1.807) is 18.2 Å². The summed E-state index contributed by atoms with van der Waals surface area (Å²) >= 11 is 12.7. The van der Waals surface area contributed by atoms with Crippen LogP contribution in [-0.4, -0.2) is 42.3 Å². The topological polar surface area (TPSA) is 115 Å². The molecule has 0 saturated carbocycles. The number of hydrogen-bond donors (Lipinski definition) is 2. The minimum atomic E-state index is -0.339. The number of aromatic nitrogens is 6. The van der Waals surface area contributed by atoms with Crippen LogP contribution in [0.1, 0.15) is 15.9 Å². The minimum Gasteiger partial charge on any atom is -0.490 e. The third-order valence-corrected chi connectivity index (χ3v) is 6.49. The second kappa shape index (κ2) is 10.9. The van der Waals surface area contributed by atoms with Crippen molar-refractivity contribution < 1.29 is 9.53 Å². The van der Waals surface area contributed by atoms with Gasteiger partial charge in [-0.2, -0.15) is 5.21 Å². The number of carbonyl (C=O) groups excluding carboxylic acids is 1. The monoisotopic (exact) mass is 548 g/mol. The highest BCUT2D eigenvalue weighted by molar-refractivity contribution is 6.42. The number of rotatable bonds is 8. The van der Waals surface area contributed by atoms with Gasteiger partial charge in [-0.05, 0) is 59.3 Å². The van der Waals surface area contributed by atoms with E-state index in [-0.39, 0.29) is 11.9 Å². The molecule has 192 valence electrons. The van der Waals surface area contributed by atoms with E-state index >= 15 is 0 Å². The number of imidazole rings is 1. The Bertz CT molecular complexity index is 1670. The Hall–Kier alpha value is -4.41. The Morgan fingerprint density at radius 1 is 1.11 bits per heavy atom. The number of tetrazole rings is 1. The molecule has 0 atom stereocenters. The molecule has 0 unspecified atom stereocenters. The lowest BCUT2D eigenvalue weighted by molar-refractivity contribution is 0.102. The average molecular weight is 549 g/mol. The van der Waals surface area contributed by atoms with Crippen LogP contribution in [0.25, 0.3) is 11.0 Å². The summed E-state index contributed by atoms with van der Waals surface area (Å²) in [5.74, 6) is 0.497. The van der Waals surface area contributed by atoms with Gasteiger partial charge in [0, 0.05) is 12.6 Å². The maximum atomic E-state index is 12.5. The highest BCUT2D eigenvalue weighted by atomic mass is 35.5. The molecule has 0 aliphatic rings. The number of carbonyl (C=O) groups is 1. The second-order valence-corrected chi connectivity index (χ2v) is 9.11. The first-order valence-corrected chi connectivity index (χ1v) is 12.2. The Balaban J connectivity index is 1.51. The van der Waals surface area contributed by atoms with Crippen molar-refractivity contribution in [3.63, 3.8) is 0 Å². The molecule has 0 saturated heterocycles. The third kappa shape index (κ3) is 5.31. The van der Waals surface area contributed by atoms with Crippen LogP contribution in [0.5, 0.6) is 5.75 Å². The van der Waals surface area contributed by atoms with E-state index in [2.05, 4.69) is 32.5 Å². The van der Waals surface area contributed by atoms with Crippen molar-refractivity contribution in [3.8, 4) is 5.75 Å². The number of aryl methyl sites for hydroxylation is 1. The average Bonchev–Trinajstić information content (AvgIpc) is 3.52. The van der Waals surface area contributed by atoms with E-state index < -0.39 is 0 Å². The van der Waals surface area contributed by atoms with Crippen LogP contribution in [-0.2, 0) is 13.6 Å². The van der Waals surface area contributed by atoms with Crippen molar-refractivity contribution in [2.45, 2.75) is 6.54 Å². The third-order valence-electron chi connectivity index (χ3n) is 5.77. The van der Waals surface area contributed by atoms with Crippen LogP contribution >= 0.6 is 23.2 Å². The number of anilines is 1. The lowest BCUT2D eigenvalue weighted by Crippen LogP contribution is -2.24. The summed E-state index contributed by atoms with van der Waals surface area (Å²) in [5.41, 5.74) is 4.60. The van der Waals surface area contributed by atoms with E-state index in [4.69, 9.17) is 32.9 Å². The summed E-state index contributed by atoms with van der Waals surface area (Å²) in [4.78, 5) is 17.4. The minimum absolute atomic E-state index is 0.104. The van der Waals surface area contributed by atoms with Crippen LogP contribution in [0.2, 0.25) is 10.0 Å². The van der Waals surface area contributed by atoms with Crippen LogP contribution in [0.4, 0.5) is 11.6 Å². The fourth-order valence-corrected chi connectivity index (χ4v) is 4.23. The number of ether oxygens (including phenoxy) is 1. The molecule has 3 aromatic carbocycles. The van der Waals surface area contributed by atoms with Crippen molar-refractivity contribution in [2.24, 2.45) is 12.0 Å². The molecular formula is C26H22Cl2N8O2. The smallest absolute Gasteiger partial charge is 0.270 e. The zero-order valence-corrected chi connectivity index (χ0v) is 21.7. The highest BCUT2D eigenvalue weighted by Gasteiger charge is 2.14. The van der Waals surface area contributed by atoms with Crippen molar-refractivity contribution in [3.05, 3.63) is 100 Å². The molecule has 5 aromatic rings. The summed E-state index contributed by atoms with van der Waals surface area (Å²) in [6.45, 7) is 4.57. The number of halogens is 2. The number of aromatic amines is 1. The molecule has 2 aromatic heterocycles. The van der Waals surface area contributed by atoms with Gasteiger partial charge in [-0.1, -0.05) is 53.1 Å². The van der Waals surface area contributed by atoms with Crippen molar-refractivity contribution in [1.82, 2.24) is 29.8 Å². The largest absolute Gasteiger partial charge is 0.490 e. The summed E-state index contributed by atoms with van der Waals surface area (Å²) in [7, 11) is 1.93. The maximum absolute atomic E-state index is 12.5. The highest BCUT2D eigenvalue weighted by Crippen LogP contribution is 2.28. The molecule has 0 radical (unpaired) electrons. The molecule has 0 bridgehead atoms. The molecule has 2 heterocycles. The van der Waals surface area contributed by atoms with Gasteiger partial charge in [0.2, 0.25) is 5.62 Å². The quantitative estimate of drug-likeness (QED) is 0.267. The summed E-state index contributed by atoms with van der Waals surface area (Å²) < 4.78 is 9.59. The first-order valence-electron chi connectivity index (χ1n) is 11.5. The van der Waals surface area contributed by atoms with E-state index in [1.807, 2.05) is 64.7 Å². The predicted octanol–water partition coefficient (Wildman–Crippen LogP) is 4.90. The van der Waals surface area contributed by atoms with Gasteiger partial charge in [-0.15, -0.1) is 5.10 Å². The van der Waals surface area contributed by atoms with Crippen molar-refractivity contribution in [1.29, 1.82) is 0 Å². The van der Waals surface area contributed by atoms with Crippen LogP contribution < -0.4 is 15.7 Å². The summed E-state index contributed by atoms with van der Waals surface area (Å²) in [6, 6.07) is 18.4. The van der Waals surface area contributed by atoms with Gasteiger partial charge in [0.05, 0.1) is 33.3 Å². The molecule has 2 N–H and O–H groups in total. The number of benzene rings is 3. The summed E-state index contributed by atoms with van der Waals surface area (Å²) in [5, 5.41) is 16.7. The Kier molecular flexibility index (Phi) is 7.25. The SMILES string of the molecule is C=CCOc1ccc(N=c2n(C)c3cc(Cl)c(Cl)cc3n2Cc2ccc(C(=O)Nc3nn[nH]n3)cc2)cc1. The van der Waals surface area contributed by atoms with Crippen LogP contribution in [0, 0.1) is 0 Å². The molecule has 38 heavy (non-hydrogen) atoms. The lowest BCUT2D eigenvalue weighted by atomic mass is 10.1. The molecule has 0 aliphatic heterocycles. The second-order valence-electron chi connectivity index (χ2n) is 8.29. The van der Waals surface area contributed by atoms with Gasteiger partial charge in [-0.25, -0.2) is 4.99 Å². The zero-order valence-electron chi connectivity index (χ0n) is 20.2. The molecule has 0 aliphatic carbocycles. The van der Waals surface area contributed by atoms with Crippen LogP contribution in [0.15, 0.2) is 78.3 Å². The Morgan fingerprint density at radius 2 is 1.82 bits per heavy atom. The van der Waals surface area contributed by atoms with Crippen molar-refractivity contribution in [2.75, 3.05) is 11.9 Å². The molecule has 5 rings (SSSR count). The zero-order chi connectivity index (χ0) is 26.6. The number of amides is 1. The van der Waals surface area contributed by atoms with Gasteiger partial charge >= 0.3 is 0 Å². The molecule has 10 nitrogen and oxygen atoms in total.